The predicted molar refractivity (Wildman–Crippen MR) is 85.2 cm³/mol. The van der Waals surface area contributed by atoms with Gasteiger partial charge in [-0.05, 0) is 0 Å². The first-order chi connectivity index (χ1) is 11.4. The molecule has 5 rings (SSSR count). The van der Waals surface area contributed by atoms with E-state index in [2.05, 4.69) is 15.0 Å². The highest BCUT2D eigenvalue weighted by atomic mass is 16.7. The first-order valence-electron chi connectivity index (χ1n) is 7.27. The van der Waals surface area contributed by atoms with Crippen LogP contribution in [0.3, 0.4) is 0 Å². The van der Waals surface area contributed by atoms with Crippen LogP contribution in [0.2, 0.25) is 0 Å². The summed E-state index contributed by atoms with van der Waals surface area (Å²) in [6, 6.07) is 11.8. The molecule has 0 saturated heterocycles. The number of benzene rings is 2. The van der Waals surface area contributed by atoms with Crippen LogP contribution >= 0.6 is 0 Å². The minimum Gasteiger partial charge on any atom is -0.454 e. The van der Waals surface area contributed by atoms with E-state index in [0.717, 1.165) is 45.3 Å². The lowest BCUT2D eigenvalue weighted by molar-refractivity contribution is 0.174. The van der Waals surface area contributed by atoms with Crippen molar-refractivity contribution in [1.82, 2.24) is 19.9 Å². The van der Waals surface area contributed by atoms with Gasteiger partial charge in [-0.3, -0.25) is 0 Å². The van der Waals surface area contributed by atoms with Crippen molar-refractivity contribution in [3.63, 3.8) is 0 Å². The largest absolute Gasteiger partial charge is 0.454 e. The standard InChI is InChI=1S/C17H12N4O2/c1-2-4-11(10(3-1)16-18-5-6-19-16)17-20-12-7-14-15(23-9-22-14)8-13(12)21-17/h1-8H,9H2,(H,18,19)(H,20,21). The number of nitrogens with zero attached hydrogens (tertiary/aromatic N) is 2. The molecule has 3 heterocycles. The number of nitrogens with one attached hydrogen (secondary N) is 2. The van der Waals surface area contributed by atoms with Crippen LogP contribution in [0.4, 0.5) is 0 Å². The van der Waals surface area contributed by atoms with Gasteiger partial charge in [0.1, 0.15) is 11.6 Å². The van der Waals surface area contributed by atoms with Crippen molar-refractivity contribution in [3.05, 3.63) is 48.8 Å². The Morgan fingerprint density at radius 1 is 0.957 bits per heavy atom. The summed E-state index contributed by atoms with van der Waals surface area (Å²) in [6.45, 7) is 0.260. The molecule has 0 fully saturated rings. The Balaban J connectivity index is 1.70. The SMILES string of the molecule is c1ccc(-c2nc3cc4c(cc3[nH]2)OCO4)c(-c2ncc[nH]2)c1. The van der Waals surface area contributed by atoms with Crippen LogP contribution in [0.1, 0.15) is 0 Å². The Bertz CT molecular complexity index is 964. The number of aromatic nitrogens is 4. The van der Waals surface area contributed by atoms with E-state index >= 15 is 0 Å². The maximum Gasteiger partial charge on any atom is 0.231 e. The van der Waals surface area contributed by atoms with Gasteiger partial charge in [0.05, 0.1) is 11.0 Å². The zero-order chi connectivity index (χ0) is 15.2. The second-order valence-corrected chi connectivity index (χ2v) is 5.29. The van der Waals surface area contributed by atoms with Gasteiger partial charge in [-0.1, -0.05) is 24.3 Å². The lowest BCUT2D eigenvalue weighted by Gasteiger charge is -2.04. The summed E-state index contributed by atoms with van der Waals surface area (Å²) in [4.78, 5) is 15.5. The fourth-order valence-corrected chi connectivity index (χ4v) is 2.84. The molecular weight excluding hydrogens is 292 g/mol. The van der Waals surface area contributed by atoms with Crippen LogP contribution < -0.4 is 9.47 Å². The van der Waals surface area contributed by atoms with E-state index in [1.165, 1.54) is 0 Å². The van der Waals surface area contributed by atoms with Crippen molar-refractivity contribution >= 4 is 11.0 Å². The van der Waals surface area contributed by atoms with Crippen molar-refractivity contribution in [3.8, 4) is 34.3 Å². The summed E-state index contributed by atoms with van der Waals surface area (Å²) < 4.78 is 10.8. The molecule has 4 aromatic rings. The first kappa shape index (κ1) is 12.3. The van der Waals surface area contributed by atoms with Crippen molar-refractivity contribution in [1.29, 1.82) is 0 Å². The number of aromatic amines is 2. The molecule has 0 atom stereocenters. The Kier molecular flexibility index (Phi) is 2.46. The summed E-state index contributed by atoms with van der Waals surface area (Å²) in [7, 11) is 0. The van der Waals surface area contributed by atoms with Gasteiger partial charge in [0, 0.05) is 35.7 Å². The molecule has 2 N–H and O–H groups in total. The molecule has 1 aliphatic rings. The molecule has 112 valence electrons. The summed E-state index contributed by atoms with van der Waals surface area (Å²) in [5, 5.41) is 0. The summed E-state index contributed by atoms with van der Waals surface area (Å²) in [5.41, 5.74) is 3.74. The van der Waals surface area contributed by atoms with Crippen LogP contribution in [0.5, 0.6) is 11.5 Å². The third kappa shape index (κ3) is 1.88. The van der Waals surface area contributed by atoms with E-state index < -0.39 is 0 Å². The van der Waals surface area contributed by atoms with Gasteiger partial charge >= 0.3 is 0 Å². The molecule has 2 aromatic carbocycles. The van der Waals surface area contributed by atoms with E-state index in [1.54, 1.807) is 6.20 Å². The lowest BCUT2D eigenvalue weighted by atomic mass is 10.1. The molecule has 0 spiro atoms. The van der Waals surface area contributed by atoms with E-state index in [0.29, 0.717) is 0 Å². The summed E-state index contributed by atoms with van der Waals surface area (Å²) >= 11 is 0. The predicted octanol–water partition coefficient (Wildman–Crippen LogP) is 3.35. The van der Waals surface area contributed by atoms with Gasteiger partial charge in [-0.15, -0.1) is 0 Å². The van der Waals surface area contributed by atoms with Crippen molar-refractivity contribution in [2.75, 3.05) is 6.79 Å². The van der Waals surface area contributed by atoms with E-state index in [-0.39, 0.29) is 6.79 Å². The van der Waals surface area contributed by atoms with Crippen LogP contribution in [-0.4, -0.2) is 26.7 Å². The van der Waals surface area contributed by atoms with Gasteiger partial charge < -0.3 is 19.4 Å². The van der Waals surface area contributed by atoms with Gasteiger partial charge in [0.25, 0.3) is 0 Å². The maximum atomic E-state index is 5.42. The number of imidazole rings is 2. The zero-order valence-corrected chi connectivity index (χ0v) is 12.0. The smallest absolute Gasteiger partial charge is 0.231 e. The monoisotopic (exact) mass is 304 g/mol. The number of hydrogen-bond donors (Lipinski definition) is 2. The molecule has 23 heavy (non-hydrogen) atoms. The summed E-state index contributed by atoms with van der Waals surface area (Å²) in [5.74, 6) is 3.08. The van der Waals surface area contributed by atoms with Gasteiger partial charge in [0.2, 0.25) is 6.79 Å². The Morgan fingerprint density at radius 2 is 1.74 bits per heavy atom. The van der Waals surface area contributed by atoms with E-state index in [1.807, 2.05) is 42.6 Å². The summed E-state index contributed by atoms with van der Waals surface area (Å²) in [6.07, 6.45) is 3.55. The first-order valence-corrected chi connectivity index (χ1v) is 7.27. The average molecular weight is 304 g/mol. The highest BCUT2D eigenvalue weighted by Gasteiger charge is 2.18. The van der Waals surface area contributed by atoms with E-state index in [4.69, 9.17) is 14.5 Å². The third-order valence-electron chi connectivity index (χ3n) is 3.91. The molecule has 0 aliphatic carbocycles. The van der Waals surface area contributed by atoms with Crippen molar-refractivity contribution < 1.29 is 9.47 Å². The Hall–Kier alpha value is -3.28. The van der Waals surface area contributed by atoms with Crippen LogP contribution in [0, 0.1) is 0 Å². The molecule has 0 amide bonds. The second kappa shape index (κ2) is 4.61. The number of hydrogen-bond acceptors (Lipinski definition) is 4. The molecule has 1 aliphatic heterocycles. The minimum atomic E-state index is 0.260. The Labute approximate surface area is 131 Å². The van der Waals surface area contributed by atoms with Crippen LogP contribution in [-0.2, 0) is 0 Å². The molecule has 0 unspecified atom stereocenters. The fourth-order valence-electron chi connectivity index (χ4n) is 2.84. The molecule has 6 nitrogen and oxygen atoms in total. The minimum absolute atomic E-state index is 0.260. The molecule has 0 bridgehead atoms. The number of rotatable bonds is 2. The maximum absolute atomic E-state index is 5.42. The van der Waals surface area contributed by atoms with Gasteiger partial charge in [0.15, 0.2) is 11.5 Å². The quantitative estimate of drug-likeness (QED) is 0.595. The second-order valence-electron chi connectivity index (χ2n) is 5.29. The molecule has 6 heteroatoms. The van der Waals surface area contributed by atoms with Gasteiger partial charge in [-0.25, -0.2) is 9.97 Å². The fraction of sp³-hybridized carbons (Fsp3) is 0.0588. The molecule has 2 aromatic heterocycles. The lowest BCUT2D eigenvalue weighted by Crippen LogP contribution is -1.93. The molecular formula is C17H12N4O2. The highest BCUT2D eigenvalue weighted by Crippen LogP contribution is 2.37. The van der Waals surface area contributed by atoms with Crippen molar-refractivity contribution in [2.24, 2.45) is 0 Å². The zero-order valence-electron chi connectivity index (χ0n) is 12.0. The number of fused-ring (bicyclic) bond motifs is 2. The number of ether oxygens (including phenoxy) is 2. The van der Waals surface area contributed by atoms with Crippen molar-refractivity contribution in [2.45, 2.75) is 0 Å². The van der Waals surface area contributed by atoms with Crippen LogP contribution in [0.25, 0.3) is 33.8 Å². The Morgan fingerprint density at radius 3 is 2.52 bits per heavy atom. The van der Waals surface area contributed by atoms with E-state index in [9.17, 15) is 0 Å². The molecule has 0 radical (unpaired) electrons. The average Bonchev–Trinajstić information content (AvgIpc) is 3.31. The highest BCUT2D eigenvalue weighted by molar-refractivity contribution is 5.86. The number of H-pyrrole nitrogens is 2. The van der Waals surface area contributed by atoms with Gasteiger partial charge in [-0.2, -0.15) is 0 Å². The third-order valence-corrected chi connectivity index (χ3v) is 3.91. The van der Waals surface area contributed by atoms with Crippen LogP contribution in [0.15, 0.2) is 48.8 Å². The topological polar surface area (TPSA) is 75.8 Å². The molecule has 0 saturated carbocycles. The normalized spacial score (nSPS) is 12.9.